The zero-order chi connectivity index (χ0) is 19.2. The molecule has 1 aliphatic rings. The lowest BCUT2D eigenvalue weighted by molar-refractivity contribution is -0.121. The van der Waals surface area contributed by atoms with E-state index in [1.165, 1.54) is 6.33 Å². The maximum absolute atomic E-state index is 12.6. The van der Waals surface area contributed by atoms with Gasteiger partial charge < -0.3 is 9.73 Å². The largest absolute Gasteiger partial charge is 0.465 e. The van der Waals surface area contributed by atoms with Gasteiger partial charge in [-0.25, -0.2) is 4.68 Å². The van der Waals surface area contributed by atoms with Crippen molar-refractivity contribution >= 4 is 17.7 Å². The summed E-state index contributed by atoms with van der Waals surface area (Å²) < 4.78 is 6.86. The fourth-order valence-electron chi connectivity index (χ4n) is 3.30. The molecule has 4 rings (SSSR count). The number of amides is 1. The molecule has 1 aromatic carbocycles. The van der Waals surface area contributed by atoms with E-state index < -0.39 is 0 Å². The molecular formula is C20H22N6O2. The Balaban J connectivity index is 1.24. The third-order valence-corrected chi connectivity index (χ3v) is 4.90. The van der Waals surface area contributed by atoms with Crippen LogP contribution in [0.1, 0.15) is 18.6 Å². The van der Waals surface area contributed by atoms with Crippen LogP contribution in [0.5, 0.6) is 0 Å². The van der Waals surface area contributed by atoms with Crippen LogP contribution in [0.25, 0.3) is 11.8 Å². The molecule has 1 aliphatic heterocycles. The molecule has 0 radical (unpaired) electrons. The highest BCUT2D eigenvalue weighted by Gasteiger charge is 2.24. The number of likely N-dealkylation sites (tertiary alicyclic amines) is 1. The van der Waals surface area contributed by atoms with E-state index in [0.29, 0.717) is 0 Å². The highest BCUT2D eigenvalue weighted by molar-refractivity contribution is 5.92. The normalized spacial score (nSPS) is 15.9. The molecule has 0 spiro atoms. The van der Waals surface area contributed by atoms with Crippen molar-refractivity contribution in [1.82, 2.24) is 25.1 Å². The number of benzene rings is 1. The standard InChI is InChI=1S/C20H22N6O2/c27-20(22-17-5-7-18(8-6-17)26-15-21-23-24-26)16-9-12-25(13-10-16)11-1-3-19-4-2-14-28-19/h1-8,14-16H,9-13H2,(H,22,27)/b3-1+. The molecule has 28 heavy (non-hydrogen) atoms. The van der Waals surface area contributed by atoms with Gasteiger partial charge in [0, 0.05) is 18.2 Å². The maximum atomic E-state index is 12.6. The van der Waals surface area contributed by atoms with Crippen molar-refractivity contribution in [3.63, 3.8) is 0 Å². The Labute approximate surface area is 162 Å². The van der Waals surface area contributed by atoms with Crippen LogP contribution in [-0.4, -0.2) is 50.6 Å². The van der Waals surface area contributed by atoms with Gasteiger partial charge in [0.25, 0.3) is 0 Å². The van der Waals surface area contributed by atoms with Crippen LogP contribution in [0, 0.1) is 5.92 Å². The van der Waals surface area contributed by atoms with Crippen LogP contribution in [-0.2, 0) is 4.79 Å². The second-order valence-electron chi connectivity index (χ2n) is 6.78. The van der Waals surface area contributed by atoms with E-state index in [1.54, 1.807) is 10.9 Å². The lowest BCUT2D eigenvalue weighted by Gasteiger charge is -2.30. The predicted molar refractivity (Wildman–Crippen MR) is 105 cm³/mol. The summed E-state index contributed by atoms with van der Waals surface area (Å²) in [4.78, 5) is 14.9. The predicted octanol–water partition coefficient (Wildman–Crippen LogP) is 2.62. The van der Waals surface area contributed by atoms with Crippen molar-refractivity contribution < 1.29 is 9.21 Å². The number of tetrazole rings is 1. The van der Waals surface area contributed by atoms with Gasteiger partial charge in [-0.3, -0.25) is 9.69 Å². The van der Waals surface area contributed by atoms with E-state index in [1.807, 2.05) is 42.5 Å². The summed E-state index contributed by atoms with van der Waals surface area (Å²) in [5.41, 5.74) is 1.63. The second kappa shape index (κ2) is 8.62. The van der Waals surface area contributed by atoms with Gasteiger partial charge in [-0.05, 0) is 78.8 Å². The number of piperidine rings is 1. The molecule has 8 heteroatoms. The van der Waals surface area contributed by atoms with Gasteiger partial charge in [0.2, 0.25) is 5.91 Å². The minimum atomic E-state index is 0.0458. The van der Waals surface area contributed by atoms with Gasteiger partial charge in [0.15, 0.2) is 0 Å². The van der Waals surface area contributed by atoms with Gasteiger partial charge in [0.1, 0.15) is 12.1 Å². The van der Waals surface area contributed by atoms with Crippen molar-refractivity contribution in [1.29, 1.82) is 0 Å². The topological polar surface area (TPSA) is 89.1 Å². The number of nitrogens with one attached hydrogen (secondary N) is 1. The van der Waals surface area contributed by atoms with E-state index in [4.69, 9.17) is 4.42 Å². The van der Waals surface area contributed by atoms with E-state index >= 15 is 0 Å². The molecular weight excluding hydrogens is 356 g/mol. The molecule has 1 N–H and O–H groups in total. The minimum absolute atomic E-state index is 0.0458. The first-order valence-corrected chi connectivity index (χ1v) is 9.34. The Morgan fingerprint density at radius 2 is 2.04 bits per heavy atom. The van der Waals surface area contributed by atoms with E-state index in [2.05, 4.69) is 31.8 Å². The Morgan fingerprint density at radius 3 is 2.71 bits per heavy atom. The molecule has 0 aliphatic carbocycles. The molecule has 2 aromatic heterocycles. The third-order valence-electron chi connectivity index (χ3n) is 4.90. The molecule has 1 saturated heterocycles. The Hall–Kier alpha value is -3.26. The first-order valence-electron chi connectivity index (χ1n) is 9.34. The Bertz CT molecular complexity index is 895. The van der Waals surface area contributed by atoms with Crippen LogP contribution in [0.3, 0.4) is 0 Å². The van der Waals surface area contributed by atoms with Gasteiger partial charge in [-0.15, -0.1) is 5.10 Å². The average Bonchev–Trinajstić information content (AvgIpc) is 3.43. The molecule has 0 atom stereocenters. The van der Waals surface area contributed by atoms with Crippen molar-refractivity contribution in [3.05, 3.63) is 60.8 Å². The Kier molecular flexibility index (Phi) is 5.58. The number of nitrogens with zero attached hydrogens (tertiary/aromatic N) is 5. The van der Waals surface area contributed by atoms with Gasteiger partial charge in [-0.1, -0.05) is 6.08 Å². The average molecular weight is 378 g/mol. The second-order valence-corrected chi connectivity index (χ2v) is 6.78. The summed E-state index contributed by atoms with van der Waals surface area (Å²) in [5.74, 6) is 0.991. The number of hydrogen-bond donors (Lipinski definition) is 1. The summed E-state index contributed by atoms with van der Waals surface area (Å²) in [6.07, 6.45) is 9.02. The Morgan fingerprint density at radius 1 is 1.21 bits per heavy atom. The summed E-state index contributed by atoms with van der Waals surface area (Å²) in [6.45, 7) is 2.70. The smallest absolute Gasteiger partial charge is 0.227 e. The number of hydrogen-bond acceptors (Lipinski definition) is 6. The maximum Gasteiger partial charge on any atom is 0.227 e. The van der Waals surface area contributed by atoms with Crippen molar-refractivity contribution in [2.45, 2.75) is 12.8 Å². The molecule has 3 aromatic rings. The quantitative estimate of drug-likeness (QED) is 0.709. The number of rotatable bonds is 6. The number of aromatic nitrogens is 4. The van der Waals surface area contributed by atoms with Crippen LogP contribution >= 0.6 is 0 Å². The van der Waals surface area contributed by atoms with Crippen LogP contribution in [0.4, 0.5) is 5.69 Å². The number of anilines is 1. The molecule has 0 unspecified atom stereocenters. The van der Waals surface area contributed by atoms with Crippen LogP contribution in [0.2, 0.25) is 0 Å². The van der Waals surface area contributed by atoms with Crippen LogP contribution in [0.15, 0.2) is 59.5 Å². The highest BCUT2D eigenvalue weighted by atomic mass is 16.3. The third kappa shape index (κ3) is 4.52. The van der Waals surface area contributed by atoms with Crippen molar-refractivity contribution in [3.8, 4) is 5.69 Å². The van der Waals surface area contributed by atoms with Crippen molar-refractivity contribution in [2.24, 2.45) is 5.92 Å². The molecule has 3 heterocycles. The molecule has 0 saturated carbocycles. The number of furan rings is 1. The molecule has 0 bridgehead atoms. The molecule has 8 nitrogen and oxygen atoms in total. The van der Waals surface area contributed by atoms with E-state index in [0.717, 1.165) is 49.6 Å². The monoisotopic (exact) mass is 378 g/mol. The lowest BCUT2D eigenvalue weighted by Crippen LogP contribution is -2.38. The van der Waals surface area contributed by atoms with Gasteiger partial charge in [0.05, 0.1) is 12.0 Å². The van der Waals surface area contributed by atoms with Crippen LogP contribution < -0.4 is 5.32 Å². The minimum Gasteiger partial charge on any atom is -0.465 e. The summed E-state index contributed by atoms with van der Waals surface area (Å²) in [6, 6.07) is 11.3. The van der Waals surface area contributed by atoms with Gasteiger partial charge in [-0.2, -0.15) is 0 Å². The highest BCUT2D eigenvalue weighted by Crippen LogP contribution is 2.20. The van der Waals surface area contributed by atoms with E-state index in [-0.39, 0.29) is 11.8 Å². The number of carbonyl (C=O) groups is 1. The first kappa shape index (κ1) is 18.1. The molecule has 144 valence electrons. The van der Waals surface area contributed by atoms with Gasteiger partial charge >= 0.3 is 0 Å². The SMILES string of the molecule is O=C(Nc1ccc(-n2cnnn2)cc1)C1CCN(C/C=C/c2ccco2)CC1. The first-order chi connectivity index (χ1) is 13.8. The number of carbonyl (C=O) groups excluding carboxylic acids is 1. The zero-order valence-electron chi connectivity index (χ0n) is 15.4. The molecule has 1 fully saturated rings. The molecule has 1 amide bonds. The van der Waals surface area contributed by atoms with Crippen molar-refractivity contribution in [2.75, 3.05) is 25.0 Å². The zero-order valence-corrected chi connectivity index (χ0v) is 15.4. The lowest BCUT2D eigenvalue weighted by atomic mass is 9.96. The summed E-state index contributed by atoms with van der Waals surface area (Å²) in [7, 11) is 0. The summed E-state index contributed by atoms with van der Waals surface area (Å²) in [5, 5.41) is 14.1. The summed E-state index contributed by atoms with van der Waals surface area (Å²) >= 11 is 0. The van der Waals surface area contributed by atoms with E-state index in [9.17, 15) is 4.79 Å². The fraction of sp³-hybridized carbons (Fsp3) is 0.300. The fourth-order valence-corrected chi connectivity index (χ4v) is 3.30.